The molecule has 0 aliphatic heterocycles. The van der Waals surface area contributed by atoms with Gasteiger partial charge in [-0.05, 0) is 53.9 Å². The van der Waals surface area contributed by atoms with Gasteiger partial charge in [-0.2, -0.15) is 0 Å². The molecular formula is C19H18O. The summed E-state index contributed by atoms with van der Waals surface area (Å²) >= 11 is 0. The van der Waals surface area contributed by atoms with Crippen molar-refractivity contribution < 1.29 is 4.79 Å². The van der Waals surface area contributed by atoms with E-state index in [1.54, 1.807) is 5.57 Å². The van der Waals surface area contributed by atoms with Gasteiger partial charge in [-0.1, -0.05) is 42.0 Å². The molecule has 1 nitrogen and oxygen atoms in total. The van der Waals surface area contributed by atoms with Crippen molar-refractivity contribution in [2.75, 3.05) is 0 Å². The van der Waals surface area contributed by atoms with Crippen LogP contribution in [0.3, 0.4) is 0 Å². The minimum Gasteiger partial charge on any atom is -0.299 e. The minimum absolute atomic E-state index is 0.455. The number of Topliss-reactive ketones (excluding diaryl/α,β-unsaturated/α-hetero) is 1. The lowest BCUT2D eigenvalue weighted by Crippen LogP contribution is -2.41. The van der Waals surface area contributed by atoms with Gasteiger partial charge in [0.1, 0.15) is 5.78 Å². The molecule has 0 spiro atoms. The third-order valence-electron chi connectivity index (χ3n) is 7.37. The summed E-state index contributed by atoms with van der Waals surface area (Å²) in [4.78, 5) is 12.5. The van der Waals surface area contributed by atoms with Gasteiger partial charge in [-0.25, -0.2) is 0 Å². The van der Waals surface area contributed by atoms with Crippen LogP contribution in [0.5, 0.6) is 0 Å². The Labute approximate surface area is 119 Å². The summed E-state index contributed by atoms with van der Waals surface area (Å²) in [5.74, 6) is 6.46. The molecule has 20 heavy (non-hydrogen) atoms. The van der Waals surface area contributed by atoms with Gasteiger partial charge in [0.05, 0.1) is 0 Å². The Bertz CT molecular complexity index is 624. The number of ketones is 1. The molecule has 8 atom stereocenters. The molecule has 5 aliphatic rings. The summed E-state index contributed by atoms with van der Waals surface area (Å²) in [6.07, 6.45) is 4.85. The highest BCUT2D eigenvalue weighted by molar-refractivity contribution is 5.89. The van der Waals surface area contributed by atoms with E-state index < -0.39 is 0 Å². The zero-order valence-corrected chi connectivity index (χ0v) is 11.4. The SMILES string of the molecule is O=C1[C@@H]2C[C@H]3C(=Cc4ccccc4)[C@H]4C[C@@H]1[C@H]1[C@H]4[C@H]3[C@@H]12. The summed E-state index contributed by atoms with van der Waals surface area (Å²) in [6, 6.07) is 10.8. The Morgan fingerprint density at radius 3 is 1.95 bits per heavy atom. The third-order valence-corrected chi connectivity index (χ3v) is 7.37. The molecule has 0 bridgehead atoms. The number of carbonyl (C=O) groups is 1. The monoisotopic (exact) mass is 262 g/mol. The van der Waals surface area contributed by atoms with Crippen LogP contribution in [0.25, 0.3) is 6.08 Å². The van der Waals surface area contributed by atoms with E-state index >= 15 is 0 Å². The maximum Gasteiger partial charge on any atom is 0.139 e. The van der Waals surface area contributed by atoms with Crippen molar-refractivity contribution in [2.24, 2.45) is 47.3 Å². The highest BCUT2D eigenvalue weighted by atomic mass is 16.1. The summed E-state index contributed by atoms with van der Waals surface area (Å²) < 4.78 is 0. The lowest BCUT2D eigenvalue weighted by atomic mass is 9.60. The number of hydrogen-bond donors (Lipinski definition) is 0. The molecule has 0 unspecified atom stereocenters. The van der Waals surface area contributed by atoms with Gasteiger partial charge >= 0.3 is 0 Å². The molecule has 1 heteroatoms. The number of rotatable bonds is 1. The first-order chi connectivity index (χ1) is 9.84. The quantitative estimate of drug-likeness (QED) is 0.758. The van der Waals surface area contributed by atoms with Crippen LogP contribution < -0.4 is 0 Å². The van der Waals surface area contributed by atoms with Crippen molar-refractivity contribution >= 4 is 11.9 Å². The molecule has 5 aliphatic carbocycles. The summed E-state index contributed by atoms with van der Waals surface area (Å²) in [5, 5.41) is 0. The lowest BCUT2D eigenvalue weighted by molar-refractivity contribution is -0.124. The van der Waals surface area contributed by atoms with Gasteiger partial charge in [0.25, 0.3) is 0 Å². The van der Waals surface area contributed by atoms with Gasteiger partial charge in [0.15, 0.2) is 0 Å². The molecule has 5 saturated carbocycles. The van der Waals surface area contributed by atoms with Gasteiger partial charge in [0.2, 0.25) is 0 Å². The van der Waals surface area contributed by atoms with E-state index in [1.165, 1.54) is 18.4 Å². The Balaban J connectivity index is 1.51. The predicted octanol–water partition coefficient (Wildman–Crippen LogP) is 3.42. The number of benzene rings is 1. The molecule has 0 N–H and O–H groups in total. The van der Waals surface area contributed by atoms with Crippen molar-refractivity contribution in [3.63, 3.8) is 0 Å². The zero-order valence-electron chi connectivity index (χ0n) is 11.4. The van der Waals surface area contributed by atoms with E-state index in [1.807, 2.05) is 0 Å². The average molecular weight is 262 g/mol. The largest absolute Gasteiger partial charge is 0.299 e. The van der Waals surface area contributed by atoms with Crippen LogP contribution in [0.2, 0.25) is 0 Å². The second kappa shape index (κ2) is 3.10. The second-order valence-corrected chi connectivity index (χ2v) is 7.66. The zero-order chi connectivity index (χ0) is 13.0. The topological polar surface area (TPSA) is 17.1 Å². The standard InChI is InChI=1S/C19H18O/c20-19-13-7-11-10(6-9-4-2-1-3-5-9)12-8-14(19)18-16(12)15(11)17(13)18/h1-6,11-18H,7-8H2/t11-,12+,13-,14-,15-,16+,17+,18+/m1/s1. The van der Waals surface area contributed by atoms with Crippen LogP contribution in [0.1, 0.15) is 18.4 Å². The molecule has 0 saturated heterocycles. The van der Waals surface area contributed by atoms with E-state index in [-0.39, 0.29) is 0 Å². The van der Waals surface area contributed by atoms with E-state index in [0.29, 0.717) is 17.6 Å². The Morgan fingerprint density at radius 1 is 0.800 bits per heavy atom. The molecule has 100 valence electrons. The van der Waals surface area contributed by atoms with Crippen molar-refractivity contribution in [1.82, 2.24) is 0 Å². The first-order valence-corrected chi connectivity index (χ1v) is 8.15. The molecule has 5 fully saturated rings. The number of hydrogen-bond acceptors (Lipinski definition) is 1. The van der Waals surface area contributed by atoms with Gasteiger partial charge < -0.3 is 0 Å². The maximum atomic E-state index is 12.5. The van der Waals surface area contributed by atoms with Crippen LogP contribution in [0.15, 0.2) is 35.9 Å². The highest BCUT2D eigenvalue weighted by Gasteiger charge is 2.78. The number of allylic oxidation sites excluding steroid dienone is 1. The minimum atomic E-state index is 0.455. The van der Waals surface area contributed by atoms with Crippen LogP contribution in [-0.2, 0) is 4.79 Å². The third kappa shape index (κ3) is 0.915. The first-order valence-electron chi connectivity index (χ1n) is 8.15. The summed E-state index contributed by atoms with van der Waals surface area (Å²) in [6.45, 7) is 0. The van der Waals surface area contributed by atoms with Crippen molar-refractivity contribution in [3.8, 4) is 0 Å². The Morgan fingerprint density at radius 2 is 1.35 bits per heavy atom. The molecule has 1 aromatic rings. The van der Waals surface area contributed by atoms with Crippen molar-refractivity contribution in [1.29, 1.82) is 0 Å². The fourth-order valence-corrected chi connectivity index (χ4v) is 7.04. The lowest BCUT2D eigenvalue weighted by Gasteiger charge is -2.43. The average Bonchev–Trinajstić information content (AvgIpc) is 3.06. The van der Waals surface area contributed by atoms with E-state index in [0.717, 1.165) is 35.5 Å². The molecule has 0 heterocycles. The summed E-state index contributed by atoms with van der Waals surface area (Å²) in [5.41, 5.74) is 3.08. The molecule has 1 aromatic carbocycles. The smallest absolute Gasteiger partial charge is 0.139 e. The molecule has 0 radical (unpaired) electrons. The molecule has 6 rings (SSSR count). The second-order valence-electron chi connectivity index (χ2n) is 7.66. The fraction of sp³-hybridized carbons (Fsp3) is 0.526. The van der Waals surface area contributed by atoms with Gasteiger partial charge in [0, 0.05) is 11.8 Å². The Hall–Kier alpha value is -1.37. The summed E-state index contributed by atoms with van der Waals surface area (Å²) in [7, 11) is 0. The first kappa shape index (κ1) is 10.4. The van der Waals surface area contributed by atoms with Crippen LogP contribution in [0.4, 0.5) is 0 Å². The van der Waals surface area contributed by atoms with Crippen LogP contribution in [-0.4, -0.2) is 5.78 Å². The van der Waals surface area contributed by atoms with Crippen molar-refractivity contribution in [2.45, 2.75) is 12.8 Å². The fourth-order valence-electron chi connectivity index (χ4n) is 7.04. The van der Waals surface area contributed by atoms with Crippen LogP contribution in [0, 0.1) is 47.3 Å². The van der Waals surface area contributed by atoms with E-state index in [4.69, 9.17) is 0 Å². The Kier molecular flexibility index (Phi) is 1.61. The predicted molar refractivity (Wildman–Crippen MR) is 76.6 cm³/mol. The highest BCUT2D eigenvalue weighted by Crippen LogP contribution is 2.80. The van der Waals surface area contributed by atoms with Gasteiger partial charge in [-0.3, -0.25) is 4.79 Å². The number of carbonyl (C=O) groups excluding carboxylic acids is 1. The molecule has 0 amide bonds. The maximum absolute atomic E-state index is 12.5. The molecular weight excluding hydrogens is 244 g/mol. The normalized spacial score (nSPS) is 54.8. The van der Waals surface area contributed by atoms with Crippen LogP contribution >= 0.6 is 0 Å². The van der Waals surface area contributed by atoms with E-state index in [9.17, 15) is 4.79 Å². The van der Waals surface area contributed by atoms with E-state index in [2.05, 4.69) is 36.4 Å². The van der Waals surface area contributed by atoms with Crippen molar-refractivity contribution in [3.05, 3.63) is 41.5 Å². The van der Waals surface area contributed by atoms with Gasteiger partial charge in [-0.15, -0.1) is 0 Å². The molecule has 0 aromatic heterocycles.